The average Bonchev–Trinajstić information content (AvgIpc) is 3.37. The van der Waals surface area contributed by atoms with Crippen LogP contribution in [0.4, 0.5) is 5.13 Å². The number of aryl methyl sites for hydroxylation is 1. The Kier molecular flexibility index (Phi) is 6.96. The van der Waals surface area contributed by atoms with Gasteiger partial charge in [-0.1, -0.05) is 31.1 Å². The zero-order valence-electron chi connectivity index (χ0n) is 15.3. The van der Waals surface area contributed by atoms with Crippen molar-refractivity contribution in [2.75, 3.05) is 18.4 Å². The summed E-state index contributed by atoms with van der Waals surface area (Å²) in [5.74, 6) is -0.210. The number of aromatic nitrogens is 2. The molecule has 10 heteroatoms. The summed E-state index contributed by atoms with van der Waals surface area (Å²) in [7, 11) is -3.42. The molecule has 0 bridgehead atoms. The first-order valence-electron chi connectivity index (χ1n) is 9.20. The van der Waals surface area contributed by atoms with Gasteiger partial charge in [0.1, 0.15) is 9.22 Å². The van der Waals surface area contributed by atoms with Gasteiger partial charge in [-0.15, -0.1) is 21.5 Å². The number of nitrogens with one attached hydrogen (secondary N) is 1. The van der Waals surface area contributed by atoms with Gasteiger partial charge in [0.15, 0.2) is 0 Å². The second kappa shape index (κ2) is 9.22. The molecule has 2 aromatic rings. The van der Waals surface area contributed by atoms with E-state index < -0.39 is 10.0 Å². The molecule has 0 spiro atoms. The van der Waals surface area contributed by atoms with Crippen molar-refractivity contribution in [1.29, 1.82) is 0 Å². The van der Waals surface area contributed by atoms with Crippen molar-refractivity contribution in [1.82, 2.24) is 14.5 Å². The molecule has 0 saturated carbocycles. The first-order valence-corrected chi connectivity index (χ1v) is 12.3. The summed E-state index contributed by atoms with van der Waals surface area (Å²) < 4.78 is 26.9. The molecule has 3 heterocycles. The molecule has 2 aromatic heterocycles. The molecule has 3 rings (SSSR count). The standard InChI is InChI=1S/C17H24N4O3S3/c1-2-3-4-7-15-19-20-17(26-15)18-14(22)12-13-8-9-16(25-13)27(23,24)21-10-5-6-11-21/h8-9H,2-7,10-12H2,1H3,(H,18,20,22). The van der Waals surface area contributed by atoms with E-state index in [0.29, 0.717) is 22.4 Å². The van der Waals surface area contributed by atoms with E-state index >= 15 is 0 Å². The number of carbonyl (C=O) groups excluding carboxylic acids is 1. The fraction of sp³-hybridized carbons (Fsp3) is 0.588. The minimum atomic E-state index is -3.42. The van der Waals surface area contributed by atoms with Gasteiger partial charge in [0.2, 0.25) is 11.0 Å². The highest BCUT2D eigenvalue weighted by atomic mass is 32.2. The molecular formula is C17H24N4O3S3. The van der Waals surface area contributed by atoms with Crippen LogP contribution in [0, 0.1) is 0 Å². The Morgan fingerprint density at radius 1 is 1.19 bits per heavy atom. The van der Waals surface area contributed by atoms with Crippen molar-refractivity contribution in [2.24, 2.45) is 0 Å². The molecular weight excluding hydrogens is 404 g/mol. The lowest BCUT2D eigenvalue weighted by atomic mass is 10.2. The third-order valence-electron chi connectivity index (χ3n) is 4.34. The number of anilines is 1. The Morgan fingerprint density at radius 3 is 2.70 bits per heavy atom. The first kappa shape index (κ1) is 20.4. The highest BCUT2D eigenvalue weighted by molar-refractivity contribution is 7.91. The molecule has 1 saturated heterocycles. The number of hydrogen-bond acceptors (Lipinski definition) is 7. The van der Waals surface area contributed by atoms with Gasteiger partial charge in [-0.3, -0.25) is 4.79 Å². The highest BCUT2D eigenvalue weighted by Gasteiger charge is 2.28. The van der Waals surface area contributed by atoms with Crippen molar-refractivity contribution < 1.29 is 13.2 Å². The molecule has 1 fully saturated rings. The first-order chi connectivity index (χ1) is 13.0. The Hall–Kier alpha value is -1.36. The van der Waals surface area contributed by atoms with Crippen LogP contribution in [0.1, 0.15) is 48.9 Å². The predicted octanol–water partition coefficient (Wildman–Crippen LogP) is 3.30. The van der Waals surface area contributed by atoms with Crippen LogP contribution < -0.4 is 5.32 Å². The average molecular weight is 429 g/mol. The summed E-state index contributed by atoms with van der Waals surface area (Å²) >= 11 is 2.56. The minimum Gasteiger partial charge on any atom is -0.300 e. The number of carbonyl (C=O) groups is 1. The van der Waals surface area contributed by atoms with Gasteiger partial charge in [-0.2, -0.15) is 4.31 Å². The summed E-state index contributed by atoms with van der Waals surface area (Å²) in [6.07, 6.45) is 6.20. The van der Waals surface area contributed by atoms with Crippen LogP contribution in [-0.4, -0.2) is 41.9 Å². The van der Waals surface area contributed by atoms with Crippen molar-refractivity contribution >= 4 is 43.7 Å². The normalized spacial score (nSPS) is 15.3. The number of nitrogens with zero attached hydrogens (tertiary/aromatic N) is 3. The number of thiophene rings is 1. The van der Waals surface area contributed by atoms with E-state index in [4.69, 9.17) is 0 Å². The van der Waals surface area contributed by atoms with Gasteiger partial charge >= 0.3 is 0 Å². The van der Waals surface area contributed by atoms with Gasteiger partial charge in [0.25, 0.3) is 10.0 Å². The molecule has 1 N–H and O–H groups in total. The fourth-order valence-corrected chi connectivity index (χ4v) is 6.72. The maximum Gasteiger partial charge on any atom is 0.252 e. The summed E-state index contributed by atoms with van der Waals surface area (Å²) in [5.41, 5.74) is 0. The Morgan fingerprint density at radius 2 is 1.96 bits per heavy atom. The predicted molar refractivity (Wildman–Crippen MR) is 108 cm³/mol. The number of hydrogen-bond donors (Lipinski definition) is 1. The van der Waals surface area contributed by atoms with Gasteiger partial charge in [-0.05, 0) is 31.4 Å². The lowest BCUT2D eigenvalue weighted by Crippen LogP contribution is -2.27. The van der Waals surface area contributed by atoms with Crippen molar-refractivity contribution in [3.63, 3.8) is 0 Å². The zero-order valence-corrected chi connectivity index (χ0v) is 17.8. The van der Waals surface area contributed by atoms with Crippen LogP contribution in [-0.2, 0) is 27.7 Å². The molecule has 1 amide bonds. The molecule has 0 atom stereocenters. The fourth-order valence-electron chi connectivity index (χ4n) is 2.90. The zero-order chi connectivity index (χ0) is 19.3. The third-order valence-corrected chi connectivity index (χ3v) is 8.69. The maximum atomic E-state index is 12.6. The molecule has 1 aliphatic rings. The number of unbranched alkanes of at least 4 members (excludes halogenated alkanes) is 2. The molecule has 148 valence electrons. The van der Waals surface area contributed by atoms with Crippen molar-refractivity contribution in [2.45, 2.75) is 56.1 Å². The molecule has 7 nitrogen and oxygen atoms in total. The number of rotatable bonds is 9. The second-order valence-electron chi connectivity index (χ2n) is 6.51. The van der Waals surface area contributed by atoms with E-state index in [2.05, 4.69) is 22.4 Å². The molecule has 27 heavy (non-hydrogen) atoms. The molecule has 0 aliphatic carbocycles. The van der Waals surface area contributed by atoms with E-state index in [-0.39, 0.29) is 12.3 Å². The Balaban J connectivity index is 1.55. The highest BCUT2D eigenvalue weighted by Crippen LogP contribution is 2.28. The van der Waals surface area contributed by atoms with Crippen LogP contribution in [0.25, 0.3) is 0 Å². The number of amides is 1. The topological polar surface area (TPSA) is 92.3 Å². The lowest BCUT2D eigenvalue weighted by molar-refractivity contribution is -0.115. The molecule has 0 unspecified atom stereocenters. The van der Waals surface area contributed by atoms with E-state index in [9.17, 15) is 13.2 Å². The lowest BCUT2D eigenvalue weighted by Gasteiger charge is -2.13. The quantitative estimate of drug-likeness (QED) is 0.619. The SMILES string of the molecule is CCCCCc1nnc(NC(=O)Cc2ccc(S(=O)(=O)N3CCCC3)s2)s1. The molecule has 1 aliphatic heterocycles. The van der Waals surface area contributed by atoms with Crippen molar-refractivity contribution in [3.8, 4) is 0 Å². The van der Waals surface area contributed by atoms with Crippen LogP contribution in [0.15, 0.2) is 16.3 Å². The summed E-state index contributed by atoms with van der Waals surface area (Å²) in [6.45, 7) is 3.31. The Bertz CT molecular complexity index is 870. The number of sulfonamides is 1. The van der Waals surface area contributed by atoms with Gasteiger partial charge < -0.3 is 5.32 Å². The van der Waals surface area contributed by atoms with Gasteiger partial charge in [-0.25, -0.2) is 8.42 Å². The Labute approximate surface area is 167 Å². The monoisotopic (exact) mass is 428 g/mol. The van der Waals surface area contributed by atoms with E-state index in [1.54, 1.807) is 12.1 Å². The van der Waals surface area contributed by atoms with E-state index in [0.717, 1.165) is 59.7 Å². The molecule has 0 aromatic carbocycles. The summed E-state index contributed by atoms with van der Waals surface area (Å²) in [5, 5.41) is 12.3. The van der Waals surface area contributed by atoms with Crippen molar-refractivity contribution in [3.05, 3.63) is 22.0 Å². The van der Waals surface area contributed by atoms with Gasteiger partial charge in [0, 0.05) is 24.4 Å². The van der Waals surface area contributed by atoms with E-state index in [1.165, 1.54) is 15.6 Å². The van der Waals surface area contributed by atoms with Crippen LogP contribution >= 0.6 is 22.7 Å². The largest absolute Gasteiger partial charge is 0.300 e. The molecule has 0 radical (unpaired) electrons. The third kappa shape index (κ3) is 5.34. The van der Waals surface area contributed by atoms with Crippen LogP contribution in [0.3, 0.4) is 0 Å². The second-order valence-corrected chi connectivity index (χ2v) is 10.9. The summed E-state index contributed by atoms with van der Waals surface area (Å²) in [6, 6.07) is 3.31. The maximum absolute atomic E-state index is 12.6. The summed E-state index contributed by atoms with van der Waals surface area (Å²) in [4.78, 5) is 13.0. The van der Waals surface area contributed by atoms with Crippen LogP contribution in [0.5, 0.6) is 0 Å². The van der Waals surface area contributed by atoms with Crippen LogP contribution in [0.2, 0.25) is 0 Å². The van der Waals surface area contributed by atoms with E-state index in [1.807, 2.05) is 0 Å². The minimum absolute atomic E-state index is 0.130. The smallest absolute Gasteiger partial charge is 0.252 e. The van der Waals surface area contributed by atoms with Gasteiger partial charge in [0.05, 0.1) is 6.42 Å².